The first-order valence-corrected chi connectivity index (χ1v) is 16.3. The highest BCUT2D eigenvalue weighted by Gasteiger charge is 2.36. The van der Waals surface area contributed by atoms with E-state index in [9.17, 15) is 9.90 Å². The van der Waals surface area contributed by atoms with Gasteiger partial charge in [0.15, 0.2) is 6.10 Å². The second-order valence-electron chi connectivity index (χ2n) is 14.5. The quantitative estimate of drug-likeness (QED) is 0.287. The van der Waals surface area contributed by atoms with E-state index in [1.807, 2.05) is 33.8 Å². The van der Waals surface area contributed by atoms with Crippen LogP contribution in [0, 0.1) is 26.2 Å². The third kappa shape index (κ3) is 7.14. The van der Waals surface area contributed by atoms with E-state index >= 15 is 0 Å². The average molecular weight is 618 g/mol. The van der Waals surface area contributed by atoms with Gasteiger partial charge in [-0.15, -0.1) is 0 Å². The minimum atomic E-state index is -1.12. The van der Waals surface area contributed by atoms with Crippen molar-refractivity contribution in [3.8, 4) is 11.1 Å². The molecule has 0 radical (unpaired) electrons. The van der Waals surface area contributed by atoms with E-state index in [2.05, 4.69) is 67.8 Å². The average Bonchev–Trinajstić information content (AvgIpc) is 2.93. The summed E-state index contributed by atoms with van der Waals surface area (Å²) in [5.41, 5.74) is 10.1. The minimum Gasteiger partial charge on any atom is -0.479 e. The Morgan fingerprint density at radius 1 is 1.02 bits per heavy atom. The molecule has 6 nitrogen and oxygen atoms in total. The third-order valence-electron chi connectivity index (χ3n) is 9.18. The topological polar surface area (TPSA) is 65.9 Å². The van der Waals surface area contributed by atoms with E-state index in [-0.39, 0.29) is 5.41 Å². The van der Waals surface area contributed by atoms with Crippen LogP contribution in [-0.4, -0.2) is 46.2 Å². The van der Waals surface area contributed by atoms with E-state index in [0.29, 0.717) is 11.3 Å². The van der Waals surface area contributed by atoms with Crippen LogP contribution in [0.1, 0.15) is 92.8 Å². The largest absolute Gasteiger partial charge is 0.479 e. The van der Waals surface area contributed by atoms with Crippen LogP contribution in [0.5, 0.6) is 0 Å². The van der Waals surface area contributed by atoms with Crippen LogP contribution in [-0.2, 0) is 29.0 Å². The van der Waals surface area contributed by atoms with E-state index in [4.69, 9.17) is 21.3 Å². The minimum absolute atomic E-state index is 0.254. The van der Waals surface area contributed by atoms with Gasteiger partial charge in [0.2, 0.25) is 0 Å². The molecule has 3 aromatic rings. The van der Waals surface area contributed by atoms with Crippen LogP contribution >= 0.6 is 11.6 Å². The SMILES string of the molecule is Cc1cc(CN2CCc3cc(-c4c(C)nc(C)c([C@H](OC(C)(C)C)C(=O)O)c4N4CCC(C)(C)CC4)ccc3C2)ccc1Cl. The molecule has 2 aliphatic rings. The lowest BCUT2D eigenvalue weighted by atomic mass is 9.81. The lowest BCUT2D eigenvalue weighted by Gasteiger charge is -2.41. The Bertz CT molecular complexity index is 1550. The monoisotopic (exact) mass is 617 g/mol. The molecule has 2 aliphatic heterocycles. The van der Waals surface area contributed by atoms with Gasteiger partial charge in [0.25, 0.3) is 0 Å². The van der Waals surface area contributed by atoms with Gasteiger partial charge in [-0.2, -0.15) is 0 Å². The summed E-state index contributed by atoms with van der Waals surface area (Å²) in [6, 6.07) is 13.1. The van der Waals surface area contributed by atoms with Crippen molar-refractivity contribution in [1.29, 1.82) is 0 Å². The maximum atomic E-state index is 12.8. The number of carbonyl (C=O) groups is 1. The van der Waals surface area contributed by atoms with E-state index in [1.165, 1.54) is 16.7 Å². The highest BCUT2D eigenvalue weighted by molar-refractivity contribution is 6.31. The standard InChI is InChI=1S/C37H48ClN3O3/c1-23-19-26(9-12-30(23)38)21-40-16-13-27-20-28(10-11-29(27)22-40)31-24(2)39-25(3)32(34(35(42)43)44-36(4,5)6)33(31)41-17-14-37(7,8)15-18-41/h9-12,19-20,34H,13-18,21-22H2,1-8H3,(H,42,43)/t34-/m0/s1. The normalized spacial score (nSPS) is 17.8. The van der Waals surface area contributed by atoms with Gasteiger partial charge in [0, 0.05) is 60.3 Å². The van der Waals surface area contributed by atoms with Crippen molar-refractivity contribution in [3.63, 3.8) is 0 Å². The Labute approximate surface area is 268 Å². The van der Waals surface area contributed by atoms with Crippen LogP contribution < -0.4 is 4.90 Å². The number of piperidine rings is 1. The molecule has 1 atom stereocenters. The number of aliphatic carboxylic acids is 1. The van der Waals surface area contributed by atoms with Gasteiger partial charge < -0.3 is 14.7 Å². The number of fused-ring (bicyclic) bond motifs is 1. The summed E-state index contributed by atoms with van der Waals surface area (Å²) in [4.78, 5) is 22.7. The highest BCUT2D eigenvalue weighted by atomic mass is 35.5. The van der Waals surface area contributed by atoms with E-state index in [0.717, 1.165) is 85.1 Å². The van der Waals surface area contributed by atoms with Gasteiger partial charge in [-0.25, -0.2) is 4.79 Å². The molecule has 0 spiro atoms. The summed E-state index contributed by atoms with van der Waals surface area (Å²) in [6.45, 7) is 20.9. The number of pyridine rings is 1. The zero-order valence-electron chi connectivity index (χ0n) is 27.7. The molecule has 0 bridgehead atoms. The predicted octanol–water partition coefficient (Wildman–Crippen LogP) is 8.45. The van der Waals surface area contributed by atoms with Crippen LogP contribution in [0.25, 0.3) is 11.1 Å². The molecule has 1 aromatic heterocycles. The van der Waals surface area contributed by atoms with Crippen molar-refractivity contribution in [2.45, 2.75) is 99.4 Å². The van der Waals surface area contributed by atoms with Crippen LogP contribution in [0.4, 0.5) is 5.69 Å². The summed E-state index contributed by atoms with van der Waals surface area (Å²) in [7, 11) is 0. The van der Waals surface area contributed by atoms with Crippen molar-refractivity contribution < 1.29 is 14.6 Å². The number of rotatable bonds is 7. The molecule has 7 heteroatoms. The number of halogens is 1. The number of carboxylic acids is 1. The van der Waals surface area contributed by atoms with Crippen LogP contribution in [0.3, 0.4) is 0 Å². The number of aryl methyl sites for hydroxylation is 3. The fraction of sp³-hybridized carbons (Fsp3) is 0.514. The molecule has 1 N–H and O–H groups in total. The van der Waals surface area contributed by atoms with Crippen molar-refractivity contribution in [2.24, 2.45) is 5.41 Å². The first-order chi connectivity index (χ1) is 20.6. The summed E-state index contributed by atoms with van der Waals surface area (Å²) >= 11 is 6.26. The summed E-state index contributed by atoms with van der Waals surface area (Å²) < 4.78 is 6.26. The maximum Gasteiger partial charge on any atom is 0.337 e. The Balaban J connectivity index is 1.56. The number of nitrogens with zero attached hydrogens (tertiary/aromatic N) is 3. The molecule has 2 aromatic carbocycles. The molecule has 1 saturated heterocycles. The predicted molar refractivity (Wildman–Crippen MR) is 180 cm³/mol. The maximum absolute atomic E-state index is 12.8. The Morgan fingerprint density at radius 3 is 2.36 bits per heavy atom. The molecule has 0 amide bonds. The van der Waals surface area contributed by atoms with Crippen molar-refractivity contribution >= 4 is 23.3 Å². The third-order valence-corrected chi connectivity index (χ3v) is 9.61. The number of carboxylic acid groups (broad SMARTS) is 1. The molecule has 236 valence electrons. The van der Waals surface area contributed by atoms with Crippen LogP contribution in [0.15, 0.2) is 36.4 Å². The van der Waals surface area contributed by atoms with Gasteiger partial charge in [0.05, 0.1) is 11.3 Å². The number of anilines is 1. The van der Waals surface area contributed by atoms with Gasteiger partial charge in [-0.1, -0.05) is 55.8 Å². The van der Waals surface area contributed by atoms with Crippen molar-refractivity contribution in [2.75, 3.05) is 24.5 Å². The first kappa shape index (κ1) is 32.5. The first-order valence-electron chi connectivity index (χ1n) is 15.9. The Morgan fingerprint density at radius 2 is 1.73 bits per heavy atom. The van der Waals surface area contributed by atoms with E-state index < -0.39 is 17.7 Å². The Kier molecular flexibility index (Phi) is 9.19. The van der Waals surface area contributed by atoms with Gasteiger partial charge >= 0.3 is 5.97 Å². The molecule has 5 rings (SSSR count). The number of hydrogen-bond acceptors (Lipinski definition) is 5. The highest BCUT2D eigenvalue weighted by Crippen LogP contribution is 2.45. The second-order valence-corrected chi connectivity index (χ2v) is 15.0. The molecular weight excluding hydrogens is 570 g/mol. The molecule has 3 heterocycles. The number of ether oxygens (including phenoxy) is 1. The smallest absolute Gasteiger partial charge is 0.337 e. The second kappa shape index (κ2) is 12.5. The lowest BCUT2D eigenvalue weighted by Crippen LogP contribution is -2.39. The molecule has 0 saturated carbocycles. The molecule has 0 unspecified atom stereocenters. The number of aromatic nitrogens is 1. The van der Waals surface area contributed by atoms with Gasteiger partial charge in [0.1, 0.15) is 0 Å². The molecule has 1 fully saturated rings. The van der Waals surface area contributed by atoms with Crippen LogP contribution in [0.2, 0.25) is 5.02 Å². The zero-order chi connectivity index (χ0) is 32.0. The zero-order valence-corrected chi connectivity index (χ0v) is 28.4. The summed E-state index contributed by atoms with van der Waals surface area (Å²) in [6.07, 6.45) is 1.92. The fourth-order valence-corrected chi connectivity index (χ4v) is 6.84. The van der Waals surface area contributed by atoms with Crippen molar-refractivity contribution in [1.82, 2.24) is 9.88 Å². The lowest BCUT2D eigenvalue weighted by molar-refractivity contribution is -0.160. The molecule has 44 heavy (non-hydrogen) atoms. The van der Waals surface area contributed by atoms with Gasteiger partial charge in [-0.3, -0.25) is 9.88 Å². The summed E-state index contributed by atoms with van der Waals surface area (Å²) in [5, 5.41) is 11.3. The number of hydrogen-bond donors (Lipinski definition) is 1. The number of benzene rings is 2. The van der Waals surface area contributed by atoms with Gasteiger partial charge in [-0.05, 0) is 100 Å². The molecular formula is C37H48ClN3O3. The summed E-state index contributed by atoms with van der Waals surface area (Å²) in [5.74, 6) is -0.986. The van der Waals surface area contributed by atoms with Crippen molar-refractivity contribution in [3.05, 3.63) is 80.6 Å². The fourth-order valence-electron chi connectivity index (χ4n) is 6.72. The molecule has 0 aliphatic carbocycles. The van der Waals surface area contributed by atoms with E-state index in [1.54, 1.807) is 0 Å². The Hall–Kier alpha value is -2.93.